The Bertz CT molecular complexity index is 451. The van der Waals surface area contributed by atoms with E-state index in [2.05, 4.69) is 22.2 Å². The molecule has 5 heteroatoms. The Morgan fingerprint density at radius 3 is 3.11 bits per heavy atom. The number of nitriles is 1. The predicted octanol–water partition coefficient (Wildman–Crippen LogP) is 1.43. The van der Waals surface area contributed by atoms with Gasteiger partial charge < -0.3 is 16.0 Å². The van der Waals surface area contributed by atoms with E-state index < -0.39 is 0 Å². The maximum atomic E-state index is 8.75. The fourth-order valence-electron chi connectivity index (χ4n) is 2.31. The molecule has 0 spiro atoms. The van der Waals surface area contributed by atoms with Crippen molar-refractivity contribution in [3.63, 3.8) is 0 Å². The average Bonchev–Trinajstić information content (AvgIpc) is 2.39. The molecule has 1 fully saturated rings. The Balaban J connectivity index is 1.95. The third-order valence-corrected chi connectivity index (χ3v) is 3.47. The minimum Gasteiger partial charge on any atom is -0.396 e. The van der Waals surface area contributed by atoms with Crippen molar-refractivity contribution in [3.8, 4) is 6.07 Å². The zero-order chi connectivity index (χ0) is 13.0. The van der Waals surface area contributed by atoms with Crippen LogP contribution in [0.4, 0.5) is 11.5 Å². The molecule has 2 rings (SSSR count). The van der Waals surface area contributed by atoms with Crippen molar-refractivity contribution in [3.05, 3.63) is 17.8 Å². The lowest BCUT2D eigenvalue weighted by Gasteiger charge is -2.32. The van der Waals surface area contributed by atoms with Crippen molar-refractivity contribution < 1.29 is 0 Å². The molecule has 2 heterocycles. The average molecular weight is 245 g/mol. The van der Waals surface area contributed by atoms with Crippen LogP contribution in [0.3, 0.4) is 0 Å². The van der Waals surface area contributed by atoms with Crippen molar-refractivity contribution >= 4 is 11.5 Å². The summed E-state index contributed by atoms with van der Waals surface area (Å²) in [6, 6.07) is 4.22. The van der Waals surface area contributed by atoms with Crippen LogP contribution in [0.1, 0.15) is 24.8 Å². The Hall–Kier alpha value is -1.80. The fraction of sp³-hybridized carbons (Fsp3) is 0.538. The number of nitrogens with one attached hydrogen (secondary N) is 1. The number of nitrogens with two attached hydrogens (primary N) is 1. The van der Waals surface area contributed by atoms with E-state index in [9.17, 15) is 0 Å². The number of nitrogens with zero attached hydrogens (tertiary/aromatic N) is 3. The van der Waals surface area contributed by atoms with Gasteiger partial charge >= 0.3 is 0 Å². The second-order valence-electron chi connectivity index (χ2n) is 4.78. The van der Waals surface area contributed by atoms with E-state index in [1.165, 1.54) is 19.3 Å². The highest BCUT2D eigenvalue weighted by atomic mass is 15.2. The molecular weight excluding hydrogens is 226 g/mol. The lowest BCUT2D eigenvalue weighted by molar-refractivity contribution is 0.194. The number of piperidine rings is 1. The molecule has 96 valence electrons. The topological polar surface area (TPSA) is 78.0 Å². The molecule has 0 aromatic carbocycles. The number of anilines is 2. The van der Waals surface area contributed by atoms with Crippen molar-refractivity contribution in [2.45, 2.75) is 25.3 Å². The van der Waals surface area contributed by atoms with Gasteiger partial charge in [-0.15, -0.1) is 0 Å². The van der Waals surface area contributed by atoms with Crippen molar-refractivity contribution in [2.24, 2.45) is 0 Å². The lowest BCUT2D eigenvalue weighted by Crippen LogP contribution is -2.40. The first-order valence-corrected chi connectivity index (χ1v) is 6.30. The number of nitrogen functional groups attached to an aromatic ring is 1. The molecule has 0 radical (unpaired) electrons. The largest absolute Gasteiger partial charge is 0.396 e. The van der Waals surface area contributed by atoms with Crippen molar-refractivity contribution in [2.75, 3.05) is 31.2 Å². The molecule has 1 aromatic heterocycles. The van der Waals surface area contributed by atoms with E-state index in [-0.39, 0.29) is 0 Å². The second-order valence-corrected chi connectivity index (χ2v) is 4.78. The summed E-state index contributed by atoms with van der Waals surface area (Å²) in [5, 5.41) is 12.0. The van der Waals surface area contributed by atoms with Crippen LogP contribution < -0.4 is 11.1 Å². The van der Waals surface area contributed by atoms with E-state index >= 15 is 0 Å². The van der Waals surface area contributed by atoms with Crippen LogP contribution in [-0.4, -0.2) is 36.1 Å². The smallest absolute Gasteiger partial charge is 0.149 e. The van der Waals surface area contributed by atoms with E-state index in [0.717, 1.165) is 13.1 Å². The highest BCUT2D eigenvalue weighted by Crippen LogP contribution is 2.19. The zero-order valence-corrected chi connectivity index (χ0v) is 10.7. The summed E-state index contributed by atoms with van der Waals surface area (Å²) in [4.78, 5) is 6.55. The Morgan fingerprint density at radius 2 is 2.44 bits per heavy atom. The molecule has 1 aliphatic rings. The monoisotopic (exact) mass is 245 g/mol. The molecule has 1 unspecified atom stereocenters. The summed E-state index contributed by atoms with van der Waals surface area (Å²) in [6.45, 7) is 2.00. The first kappa shape index (κ1) is 12.7. The predicted molar refractivity (Wildman–Crippen MR) is 72.1 cm³/mol. The van der Waals surface area contributed by atoms with Crippen LogP contribution in [-0.2, 0) is 0 Å². The van der Waals surface area contributed by atoms with Gasteiger partial charge in [0.25, 0.3) is 0 Å². The van der Waals surface area contributed by atoms with Gasteiger partial charge in [-0.3, -0.25) is 0 Å². The molecule has 0 amide bonds. The third kappa shape index (κ3) is 2.90. The van der Waals surface area contributed by atoms with Gasteiger partial charge in [0.05, 0.1) is 11.3 Å². The molecule has 0 saturated carbocycles. The lowest BCUT2D eigenvalue weighted by atomic mass is 10.0. The summed E-state index contributed by atoms with van der Waals surface area (Å²) >= 11 is 0. The number of aromatic nitrogens is 1. The highest BCUT2D eigenvalue weighted by molar-refractivity contribution is 5.63. The van der Waals surface area contributed by atoms with Crippen LogP contribution in [0.5, 0.6) is 0 Å². The van der Waals surface area contributed by atoms with Crippen LogP contribution in [0, 0.1) is 11.3 Å². The highest BCUT2D eigenvalue weighted by Gasteiger charge is 2.18. The maximum absolute atomic E-state index is 8.75. The standard InChI is InChI=1S/C13H19N5/c1-18-5-3-2-4-11(18)9-17-13-12(15)6-10(7-14)8-16-13/h6,8,11H,2-5,9,15H2,1H3,(H,16,17). The molecule has 0 bridgehead atoms. The molecule has 1 aromatic rings. The third-order valence-electron chi connectivity index (χ3n) is 3.47. The normalized spacial score (nSPS) is 20.3. The van der Waals surface area contributed by atoms with Gasteiger partial charge in [-0.2, -0.15) is 5.26 Å². The minimum absolute atomic E-state index is 0.493. The van der Waals surface area contributed by atoms with E-state index in [4.69, 9.17) is 11.0 Å². The second kappa shape index (κ2) is 5.69. The van der Waals surface area contributed by atoms with Gasteiger partial charge in [0, 0.05) is 18.8 Å². The number of rotatable bonds is 3. The number of likely N-dealkylation sites (N-methyl/N-ethyl adjacent to an activating group) is 1. The first-order chi connectivity index (χ1) is 8.70. The Labute approximate surface area is 108 Å². The number of pyridine rings is 1. The van der Waals surface area contributed by atoms with E-state index in [1.54, 1.807) is 12.3 Å². The van der Waals surface area contributed by atoms with Crippen LogP contribution in [0.25, 0.3) is 0 Å². The van der Waals surface area contributed by atoms with Gasteiger partial charge in [0.1, 0.15) is 11.9 Å². The fourth-order valence-corrected chi connectivity index (χ4v) is 2.31. The van der Waals surface area contributed by atoms with Gasteiger partial charge in [-0.05, 0) is 32.5 Å². The molecule has 3 N–H and O–H groups in total. The Kier molecular flexibility index (Phi) is 4.00. The maximum Gasteiger partial charge on any atom is 0.149 e. The number of likely N-dealkylation sites (tertiary alicyclic amines) is 1. The molecule has 1 saturated heterocycles. The van der Waals surface area contributed by atoms with Crippen molar-refractivity contribution in [1.82, 2.24) is 9.88 Å². The summed E-state index contributed by atoms with van der Waals surface area (Å²) in [5.74, 6) is 0.674. The van der Waals surface area contributed by atoms with Gasteiger partial charge in [-0.25, -0.2) is 4.98 Å². The number of hydrogen-bond donors (Lipinski definition) is 2. The zero-order valence-electron chi connectivity index (χ0n) is 10.7. The molecule has 1 atom stereocenters. The van der Waals surface area contributed by atoms with E-state index in [0.29, 0.717) is 23.1 Å². The first-order valence-electron chi connectivity index (χ1n) is 6.30. The molecule has 0 aliphatic carbocycles. The van der Waals surface area contributed by atoms with E-state index in [1.807, 2.05) is 6.07 Å². The summed E-state index contributed by atoms with van der Waals surface area (Å²) < 4.78 is 0. The molecule has 18 heavy (non-hydrogen) atoms. The quantitative estimate of drug-likeness (QED) is 0.842. The van der Waals surface area contributed by atoms with Gasteiger partial charge in [-0.1, -0.05) is 6.42 Å². The molecular formula is C13H19N5. The summed E-state index contributed by atoms with van der Waals surface area (Å²) in [5.41, 5.74) is 6.89. The van der Waals surface area contributed by atoms with Crippen LogP contribution in [0.2, 0.25) is 0 Å². The number of hydrogen-bond acceptors (Lipinski definition) is 5. The molecule has 1 aliphatic heterocycles. The minimum atomic E-state index is 0.493. The Morgan fingerprint density at radius 1 is 1.61 bits per heavy atom. The summed E-state index contributed by atoms with van der Waals surface area (Å²) in [6.07, 6.45) is 5.32. The van der Waals surface area contributed by atoms with Gasteiger partial charge in [0.15, 0.2) is 0 Å². The van der Waals surface area contributed by atoms with Gasteiger partial charge in [0.2, 0.25) is 0 Å². The SMILES string of the molecule is CN1CCCCC1CNc1ncc(C#N)cc1N. The van der Waals surface area contributed by atoms with Crippen molar-refractivity contribution in [1.29, 1.82) is 5.26 Å². The summed E-state index contributed by atoms with van der Waals surface area (Å²) in [7, 11) is 2.15. The van der Waals surface area contributed by atoms with Crippen LogP contribution in [0.15, 0.2) is 12.3 Å². The molecule has 5 nitrogen and oxygen atoms in total. The van der Waals surface area contributed by atoms with Crippen LogP contribution >= 0.6 is 0 Å².